The number of nitrogens with zero attached hydrogens (tertiary/aromatic N) is 2. The summed E-state index contributed by atoms with van der Waals surface area (Å²) in [5, 5.41) is 0. The first-order valence-corrected chi connectivity index (χ1v) is 8.78. The summed E-state index contributed by atoms with van der Waals surface area (Å²) >= 11 is 0. The molecule has 1 aliphatic rings. The summed E-state index contributed by atoms with van der Waals surface area (Å²) in [7, 11) is 3.95. The summed E-state index contributed by atoms with van der Waals surface area (Å²) in [6.07, 6.45) is 0.599. The third-order valence-electron chi connectivity index (χ3n) is 5.13. The van der Waals surface area contributed by atoms with E-state index in [-0.39, 0.29) is 17.6 Å². The van der Waals surface area contributed by atoms with Gasteiger partial charge in [0, 0.05) is 11.6 Å². The normalized spacial score (nSPS) is 17.8. The third-order valence-corrected chi connectivity index (χ3v) is 5.13. The van der Waals surface area contributed by atoms with Crippen LogP contribution in [0.15, 0.2) is 24.3 Å². The van der Waals surface area contributed by atoms with E-state index in [0.717, 1.165) is 44.2 Å². The molecule has 0 N–H and O–H groups in total. The highest BCUT2D eigenvalue weighted by molar-refractivity contribution is 5.95. The van der Waals surface area contributed by atoms with Crippen LogP contribution in [0.2, 0.25) is 0 Å². The first-order valence-electron chi connectivity index (χ1n) is 8.78. The van der Waals surface area contributed by atoms with Crippen molar-refractivity contribution >= 4 is 5.91 Å². The minimum Gasteiger partial charge on any atom is -0.318 e. The largest absolute Gasteiger partial charge is 0.416 e. The summed E-state index contributed by atoms with van der Waals surface area (Å²) in [6.45, 7) is 3.92. The maximum atomic E-state index is 13.2. The maximum Gasteiger partial charge on any atom is 0.416 e. The van der Waals surface area contributed by atoms with Gasteiger partial charge in [0.1, 0.15) is 0 Å². The van der Waals surface area contributed by atoms with Gasteiger partial charge in [-0.1, -0.05) is 6.42 Å². The molecule has 0 spiro atoms. The van der Waals surface area contributed by atoms with Gasteiger partial charge in [0.2, 0.25) is 0 Å². The molecule has 1 aromatic carbocycles. The summed E-state index contributed by atoms with van der Waals surface area (Å²) in [5.41, 5.74) is -0.819. The van der Waals surface area contributed by atoms with Gasteiger partial charge in [-0.2, -0.15) is 13.2 Å². The Bertz CT molecular complexity index is 588. The minimum absolute atomic E-state index is 0.0460. The molecule has 0 saturated heterocycles. The Balaban J connectivity index is 2.37. The second-order valence-corrected chi connectivity index (χ2v) is 7.28. The van der Waals surface area contributed by atoms with Gasteiger partial charge < -0.3 is 4.90 Å². The second-order valence-electron chi connectivity index (χ2n) is 7.28. The van der Waals surface area contributed by atoms with Gasteiger partial charge >= 0.3 is 6.18 Å². The van der Waals surface area contributed by atoms with E-state index >= 15 is 0 Å². The monoisotopic (exact) mass is 356 g/mol. The molecule has 0 aromatic heterocycles. The van der Waals surface area contributed by atoms with Crippen LogP contribution in [0.3, 0.4) is 0 Å². The first kappa shape index (κ1) is 19.8. The van der Waals surface area contributed by atoms with Crippen molar-refractivity contribution in [2.45, 2.75) is 63.8 Å². The van der Waals surface area contributed by atoms with Crippen LogP contribution in [-0.2, 0) is 6.18 Å². The van der Waals surface area contributed by atoms with E-state index in [1.165, 1.54) is 12.1 Å². The average molecular weight is 356 g/mol. The van der Waals surface area contributed by atoms with E-state index in [4.69, 9.17) is 0 Å². The number of carbonyl (C=O) groups excluding carboxylic acids is 1. The van der Waals surface area contributed by atoms with Crippen LogP contribution in [0.1, 0.15) is 61.9 Å². The van der Waals surface area contributed by atoms with Crippen molar-refractivity contribution in [3.63, 3.8) is 0 Å². The van der Waals surface area contributed by atoms with Crippen LogP contribution in [-0.4, -0.2) is 41.5 Å². The zero-order chi connectivity index (χ0) is 18.8. The van der Waals surface area contributed by atoms with Crippen molar-refractivity contribution in [3.8, 4) is 0 Å². The lowest BCUT2D eigenvalue weighted by Crippen LogP contribution is -2.63. The van der Waals surface area contributed by atoms with Crippen LogP contribution in [0.5, 0.6) is 0 Å². The van der Waals surface area contributed by atoms with Crippen molar-refractivity contribution in [3.05, 3.63) is 35.4 Å². The number of hydrogen-bond acceptors (Lipinski definition) is 2. The van der Waals surface area contributed by atoms with Gasteiger partial charge in [0.25, 0.3) is 5.91 Å². The highest BCUT2D eigenvalue weighted by Gasteiger charge is 2.44. The molecule has 1 saturated carbocycles. The molecule has 0 radical (unpaired) electrons. The summed E-state index contributed by atoms with van der Waals surface area (Å²) in [4.78, 5) is 17.1. The van der Waals surface area contributed by atoms with E-state index in [9.17, 15) is 18.0 Å². The topological polar surface area (TPSA) is 23.6 Å². The first-order chi connectivity index (χ1) is 11.6. The molecule has 140 valence electrons. The SMILES string of the molecule is CC(C)N(C(=O)c1ccc(C(F)(F)F)cc1)C1(N(C)C)CCCCC1. The Morgan fingerprint density at radius 1 is 1.04 bits per heavy atom. The van der Waals surface area contributed by atoms with Crippen LogP contribution in [0, 0.1) is 0 Å². The molecule has 1 amide bonds. The van der Waals surface area contributed by atoms with Crippen LogP contribution >= 0.6 is 0 Å². The standard InChI is InChI=1S/C19H27F3N2O/c1-14(2)24(18(23(3)4)12-6-5-7-13-18)17(25)15-8-10-16(11-9-15)19(20,21)22/h8-11,14H,5-7,12-13H2,1-4H3. The lowest BCUT2D eigenvalue weighted by molar-refractivity contribution is -0.137. The van der Waals surface area contributed by atoms with Crippen LogP contribution in [0.4, 0.5) is 13.2 Å². The predicted molar refractivity (Wildman–Crippen MR) is 92.3 cm³/mol. The number of benzene rings is 1. The van der Waals surface area contributed by atoms with E-state index in [1.807, 2.05) is 32.8 Å². The molecule has 1 fully saturated rings. The Labute approximate surface area is 147 Å². The summed E-state index contributed by atoms with van der Waals surface area (Å²) in [6, 6.07) is 4.49. The quantitative estimate of drug-likeness (QED) is 0.725. The van der Waals surface area contributed by atoms with Gasteiger partial charge in [-0.25, -0.2) is 0 Å². The fourth-order valence-corrected chi connectivity index (χ4v) is 3.87. The smallest absolute Gasteiger partial charge is 0.318 e. The Morgan fingerprint density at radius 2 is 1.56 bits per heavy atom. The van der Waals surface area contributed by atoms with Gasteiger partial charge in [-0.05, 0) is 77.9 Å². The Kier molecular flexibility index (Phi) is 5.82. The maximum absolute atomic E-state index is 13.2. The molecule has 0 heterocycles. The van der Waals surface area contributed by atoms with Gasteiger partial charge in [-0.15, -0.1) is 0 Å². The average Bonchev–Trinajstić information content (AvgIpc) is 2.54. The highest BCUT2D eigenvalue weighted by atomic mass is 19.4. The second kappa shape index (κ2) is 7.36. The number of alkyl halides is 3. The molecule has 6 heteroatoms. The van der Waals surface area contributed by atoms with Crippen molar-refractivity contribution in [1.29, 1.82) is 0 Å². The molecular weight excluding hydrogens is 329 g/mol. The van der Waals surface area contributed by atoms with Gasteiger partial charge in [0.05, 0.1) is 11.2 Å². The van der Waals surface area contributed by atoms with E-state index in [1.54, 1.807) is 0 Å². The lowest BCUT2D eigenvalue weighted by atomic mass is 9.85. The van der Waals surface area contributed by atoms with E-state index in [2.05, 4.69) is 4.90 Å². The molecular formula is C19H27F3N2O. The number of hydrogen-bond donors (Lipinski definition) is 0. The van der Waals surface area contributed by atoms with Crippen LogP contribution in [0.25, 0.3) is 0 Å². The highest BCUT2D eigenvalue weighted by Crippen LogP contribution is 2.38. The number of halogens is 3. The summed E-state index contributed by atoms with van der Waals surface area (Å²) < 4.78 is 38.3. The summed E-state index contributed by atoms with van der Waals surface area (Å²) in [5.74, 6) is -0.209. The van der Waals surface area contributed by atoms with Crippen molar-refractivity contribution < 1.29 is 18.0 Å². The molecule has 1 aromatic rings. The number of carbonyl (C=O) groups is 1. The molecule has 3 nitrogen and oxygen atoms in total. The molecule has 2 rings (SSSR count). The van der Waals surface area contributed by atoms with Crippen molar-refractivity contribution in [1.82, 2.24) is 9.80 Å². The Hall–Kier alpha value is -1.56. The third kappa shape index (κ3) is 4.00. The lowest BCUT2D eigenvalue weighted by Gasteiger charge is -2.52. The molecule has 0 aliphatic heterocycles. The van der Waals surface area contributed by atoms with Gasteiger partial charge in [-0.3, -0.25) is 9.69 Å². The van der Waals surface area contributed by atoms with Gasteiger partial charge in [0.15, 0.2) is 0 Å². The molecule has 25 heavy (non-hydrogen) atoms. The zero-order valence-corrected chi connectivity index (χ0v) is 15.4. The van der Waals surface area contributed by atoms with E-state index in [0.29, 0.717) is 5.56 Å². The number of rotatable bonds is 4. The molecule has 1 aliphatic carbocycles. The molecule has 0 bridgehead atoms. The molecule has 0 unspecified atom stereocenters. The zero-order valence-electron chi connectivity index (χ0n) is 15.4. The fraction of sp³-hybridized carbons (Fsp3) is 0.632. The number of amides is 1. The van der Waals surface area contributed by atoms with Crippen molar-refractivity contribution in [2.75, 3.05) is 14.1 Å². The predicted octanol–water partition coefficient (Wildman–Crippen LogP) is 4.78. The minimum atomic E-state index is -4.40. The Morgan fingerprint density at radius 3 is 1.96 bits per heavy atom. The fourth-order valence-electron chi connectivity index (χ4n) is 3.87. The van der Waals surface area contributed by atoms with Crippen molar-refractivity contribution in [2.24, 2.45) is 0 Å². The van der Waals surface area contributed by atoms with Crippen LogP contribution < -0.4 is 0 Å². The molecule has 0 atom stereocenters. The van der Waals surface area contributed by atoms with E-state index < -0.39 is 11.7 Å².